The smallest absolute Gasteiger partial charge is 0.186 e. The zero-order chi connectivity index (χ0) is 22.5. The van der Waals surface area contributed by atoms with Crippen LogP contribution in [-0.4, -0.2) is 5.52 Å². The number of carbonyl (C=O) groups excluding carboxylic acids is 1. The van der Waals surface area contributed by atoms with Crippen molar-refractivity contribution < 1.29 is 14.3 Å². The van der Waals surface area contributed by atoms with Crippen molar-refractivity contribution in [1.82, 2.24) is 0 Å². The first-order valence-corrected chi connectivity index (χ1v) is 11.5. The summed E-state index contributed by atoms with van der Waals surface area (Å²) in [4.78, 5) is 13.3. The SMILES string of the molecule is Cc1cc(C)c(C(=O)Pc2ccc(Oc3ccccc3)cc2Oc2ccccc2)c(C)c1. The van der Waals surface area contributed by atoms with Gasteiger partial charge in [-0.3, -0.25) is 4.79 Å². The van der Waals surface area contributed by atoms with Gasteiger partial charge >= 0.3 is 0 Å². The van der Waals surface area contributed by atoms with Crippen molar-refractivity contribution in [2.24, 2.45) is 0 Å². The van der Waals surface area contributed by atoms with E-state index in [1.807, 2.05) is 99.6 Å². The molecular formula is C28H25O3P. The fraction of sp³-hybridized carbons (Fsp3) is 0.107. The molecule has 0 amide bonds. The van der Waals surface area contributed by atoms with E-state index < -0.39 is 0 Å². The van der Waals surface area contributed by atoms with E-state index in [0.717, 1.165) is 33.3 Å². The first-order valence-electron chi connectivity index (χ1n) is 10.5. The van der Waals surface area contributed by atoms with Crippen LogP contribution >= 0.6 is 8.58 Å². The van der Waals surface area contributed by atoms with Crippen LogP contribution in [0.3, 0.4) is 0 Å². The zero-order valence-electron chi connectivity index (χ0n) is 18.4. The Morgan fingerprint density at radius 1 is 0.656 bits per heavy atom. The van der Waals surface area contributed by atoms with Crippen LogP contribution in [0.15, 0.2) is 91.0 Å². The fourth-order valence-electron chi connectivity index (χ4n) is 3.72. The van der Waals surface area contributed by atoms with Crippen LogP contribution in [0.4, 0.5) is 0 Å². The first-order chi connectivity index (χ1) is 15.5. The lowest BCUT2D eigenvalue weighted by Gasteiger charge is -2.15. The second kappa shape index (κ2) is 9.80. The third-order valence-corrected chi connectivity index (χ3v) is 6.21. The van der Waals surface area contributed by atoms with Crippen LogP contribution in [0, 0.1) is 20.8 Å². The largest absolute Gasteiger partial charge is 0.457 e. The van der Waals surface area contributed by atoms with Crippen LogP contribution in [0.1, 0.15) is 27.0 Å². The van der Waals surface area contributed by atoms with Gasteiger partial charge in [-0.15, -0.1) is 0 Å². The van der Waals surface area contributed by atoms with Crippen LogP contribution < -0.4 is 14.8 Å². The van der Waals surface area contributed by atoms with E-state index in [4.69, 9.17) is 9.47 Å². The molecule has 0 fully saturated rings. The molecule has 0 aliphatic carbocycles. The lowest BCUT2D eigenvalue weighted by molar-refractivity contribution is 0.108. The highest BCUT2D eigenvalue weighted by Crippen LogP contribution is 2.33. The monoisotopic (exact) mass is 440 g/mol. The Bertz CT molecular complexity index is 1210. The normalized spacial score (nSPS) is 11.0. The van der Waals surface area contributed by atoms with Crippen molar-refractivity contribution in [3.63, 3.8) is 0 Å². The number of carbonyl (C=O) groups is 1. The van der Waals surface area contributed by atoms with Crippen molar-refractivity contribution in [3.05, 3.63) is 113 Å². The molecule has 0 aromatic heterocycles. The van der Waals surface area contributed by atoms with Gasteiger partial charge in [-0.1, -0.05) is 54.1 Å². The second-order valence-electron chi connectivity index (χ2n) is 7.72. The van der Waals surface area contributed by atoms with Crippen molar-refractivity contribution in [2.45, 2.75) is 20.8 Å². The molecule has 0 aliphatic heterocycles. The Morgan fingerprint density at radius 2 is 1.22 bits per heavy atom. The van der Waals surface area contributed by atoms with E-state index in [0.29, 0.717) is 17.2 Å². The highest BCUT2D eigenvalue weighted by Gasteiger charge is 2.17. The number of benzene rings is 4. The number of hydrogen-bond acceptors (Lipinski definition) is 3. The third-order valence-electron chi connectivity index (χ3n) is 5.06. The van der Waals surface area contributed by atoms with Crippen molar-refractivity contribution in [2.75, 3.05) is 0 Å². The van der Waals surface area contributed by atoms with Gasteiger partial charge in [-0.05, 0) is 76.9 Å². The Kier molecular flexibility index (Phi) is 6.68. The lowest BCUT2D eigenvalue weighted by atomic mass is 10.0. The minimum atomic E-state index is -0.0594. The van der Waals surface area contributed by atoms with E-state index >= 15 is 0 Å². The molecule has 32 heavy (non-hydrogen) atoms. The predicted molar refractivity (Wildman–Crippen MR) is 132 cm³/mol. The number of aryl methyl sites for hydroxylation is 3. The molecular weight excluding hydrogens is 415 g/mol. The molecule has 3 nitrogen and oxygen atoms in total. The Labute approximate surface area is 190 Å². The van der Waals surface area contributed by atoms with Crippen LogP contribution in [0.2, 0.25) is 0 Å². The van der Waals surface area contributed by atoms with Crippen molar-refractivity contribution in [1.29, 1.82) is 0 Å². The van der Waals surface area contributed by atoms with Crippen molar-refractivity contribution >= 4 is 19.4 Å². The molecule has 4 aromatic rings. The molecule has 0 radical (unpaired) electrons. The summed E-state index contributed by atoms with van der Waals surface area (Å²) >= 11 is 0. The lowest BCUT2D eigenvalue weighted by Crippen LogP contribution is -2.08. The molecule has 1 atom stereocenters. The Hall–Kier alpha value is -3.42. The summed E-state index contributed by atoms with van der Waals surface area (Å²) in [6.07, 6.45) is 0. The number of rotatable bonds is 7. The molecule has 0 bridgehead atoms. The minimum absolute atomic E-state index is 0.0594. The molecule has 0 heterocycles. The van der Waals surface area contributed by atoms with E-state index in [-0.39, 0.29) is 14.1 Å². The summed E-state index contributed by atoms with van der Waals surface area (Å²) in [5, 5.41) is 0.846. The van der Waals surface area contributed by atoms with Gasteiger partial charge in [0.2, 0.25) is 0 Å². The van der Waals surface area contributed by atoms with E-state index in [1.165, 1.54) is 0 Å². The molecule has 0 saturated carbocycles. The van der Waals surface area contributed by atoms with E-state index in [2.05, 4.69) is 12.1 Å². The zero-order valence-corrected chi connectivity index (χ0v) is 19.4. The molecule has 0 saturated heterocycles. The van der Waals surface area contributed by atoms with Gasteiger partial charge in [0, 0.05) is 16.9 Å². The molecule has 0 N–H and O–H groups in total. The van der Waals surface area contributed by atoms with Gasteiger partial charge in [0.05, 0.1) is 0 Å². The van der Waals surface area contributed by atoms with Gasteiger partial charge < -0.3 is 9.47 Å². The summed E-state index contributed by atoms with van der Waals surface area (Å²) in [5.74, 6) is 2.74. The molecule has 4 heteroatoms. The summed E-state index contributed by atoms with van der Waals surface area (Å²) in [6, 6.07) is 29.0. The average Bonchev–Trinajstić information content (AvgIpc) is 2.76. The summed E-state index contributed by atoms with van der Waals surface area (Å²) in [6.45, 7) is 6.04. The molecule has 1 unspecified atom stereocenters. The summed E-state index contributed by atoms with van der Waals surface area (Å²) in [7, 11) is -0.0594. The standard InChI is InChI=1S/C28H25O3P/c1-19-16-20(2)27(21(3)17-19)28(29)32-26-15-14-24(30-22-10-6-4-7-11-22)18-25(26)31-23-12-8-5-9-13-23/h4-18,32H,1-3H3. The number of hydrogen-bond donors (Lipinski definition) is 0. The Morgan fingerprint density at radius 3 is 1.81 bits per heavy atom. The molecule has 4 rings (SSSR count). The van der Waals surface area contributed by atoms with Crippen molar-refractivity contribution in [3.8, 4) is 23.0 Å². The van der Waals surface area contributed by atoms with Gasteiger partial charge in [0.25, 0.3) is 0 Å². The minimum Gasteiger partial charge on any atom is -0.457 e. The van der Waals surface area contributed by atoms with E-state index in [9.17, 15) is 4.79 Å². The maximum absolute atomic E-state index is 13.3. The van der Waals surface area contributed by atoms with Crippen LogP contribution in [0.25, 0.3) is 0 Å². The molecule has 160 valence electrons. The topological polar surface area (TPSA) is 35.5 Å². The van der Waals surface area contributed by atoms with E-state index in [1.54, 1.807) is 0 Å². The fourth-order valence-corrected chi connectivity index (χ4v) is 4.89. The maximum Gasteiger partial charge on any atom is 0.186 e. The maximum atomic E-state index is 13.3. The Balaban J connectivity index is 1.66. The molecule has 4 aromatic carbocycles. The van der Waals surface area contributed by atoms with Gasteiger partial charge in [-0.2, -0.15) is 0 Å². The second-order valence-corrected chi connectivity index (χ2v) is 8.96. The molecule has 0 spiro atoms. The highest BCUT2D eigenvalue weighted by atomic mass is 31.1. The number of ether oxygens (including phenoxy) is 2. The van der Waals surface area contributed by atoms with Crippen LogP contribution in [0.5, 0.6) is 23.0 Å². The average molecular weight is 440 g/mol. The number of para-hydroxylation sites is 2. The van der Waals surface area contributed by atoms with Crippen LogP contribution in [-0.2, 0) is 0 Å². The summed E-state index contributed by atoms with van der Waals surface area (Å²) in [5.41, 5.74) is 4.08. The summed E-state index contributed by atoms with van der Waals surface area (Å²) < 4.78 is 12.2. The third kappa shape index (κ3) is 5.25. The highest BCUT2D eigenvalue weighted by molar-refractivity contribution is 7.66. The molecule has 0 aliphatic rings. The van der Waals surface area contributed by atoms with Gasteiger partial charge in [-0.25, -0.2) is 0 Å². The van der Waals surface area contributed by atoms with Gasteiger partial charge in [0.15, 0.2) is 5.52 Å². The van der Waals surface area contributed by atoms with Gasteiger partial charge in [0.1, 0.15) is 23.0 Å². The first kappa shape index (κ1) is 21.8. The predicted octanol–water partition coefficient (Wildman–Crippen LogP) is 7.34. The quantitative estimate of drug-likeness (QED) is 0.282.